The first-order chi connectivity index (χ1) is 13.2. The molecule has 0 N–H and O–H groups in total. The van der Waals surface area contributed by atoms with Crippen LogP contribution >= 0.6 is 0 Å². The molecule has 7 heteroatoms. The molecule has 27 heavy (non-hydrogen) atoms. The van der Waals surface area contributed by atoms with E-state index >= 15 is 0 Å². The third-order valence-corrected chi connectivity index (χ3v) is 5.01. The molecule has 3 aromatic heterocycles. The minimum atomic E-state index is 0.00584. The standard InChI is InChI=1S/C20H22N6O/c1-25-14-21-12-18(25)19-17(23-8-9-24-19)11-15-5-4-10-26(13-15)20(27)16-6-2-3-7-22-16/h2-3,6-9,12,14-15H,4-5,10-11,13H2,1H3/t15-/m0/s1. The first-order valence-electron chi connectivity index (χ1n) is 9.19. The topological polar surface area (TPSA) is 76.8 Å². The Balaban J connectivity index is 1.51. The average Bonchev–Trinajstić information content (AvgIpc) is 3.14. The number of imidazole rings is 1. The lowest BCUT2D eigenvalue weighted by molar-refractivity contribution is 0.0667. The highest BCUT2D eigenvalue weighted by Gasteiger charge is 2.26. The summed E-state index contributed by atoms with van der Waals surface area (Å²) in [4.78, 5) is 32.1. The van der Waals surface area contributed by atoms with Crippen molar-refractivity contribution in [2.24, 2.45) is 13.0 Å². The molecule has 0 unspecified atom stereocenters. The van der Waals surface area contributed by atoms with Gasteiger partial charge in [0.15, 0.2) is 0 Å². The largest absolute Gasteiger partial charge is 0.337 e. The molecule has 1 atom stereocenters. The fraction of sp³-hybridized carbons (Fsp3) is 0.350. The van der Waals surface area contributed by atoms with Crippen molar-refractivity contribution in [2.45, 2.75) is 19.3 Å². The van der Waals surface area contributed by atoms with Crippen molar-refractivity contribution in [1.82, 2.24) is 29.4 Å². The Kier molecular flexibility index (Phi) is 4.91. The van der Waals surface area contributed by atoms with Crippen LogP contribution in [-0.2, 0) is 13.5 Å². The molecule has 4 rings (SSSR count). The van der Waals surface area contributed by atoms with Crippen LogP contribution in [0.5, 0.6) is 0 Å². The van der Waals surface area contributed by atoms with Crippen LogP contribution in [0.4, 0.5) is 0 Å². The van der Waals surface area contributed by atoms with Crippen LogP contribution in [-0.4, -0.2) is 48.4 Å². The molecular formula is C20H22N6O. The number of amides is 1. The van der Waals surface area contributed by atoms with Crippen molar-refractivity contribution in [1.29, 1.82) is 0 Å². The lowest BCUT2D eigenvalue weighted by Gasteiger charge is -2.32. The van der Waals surface area contributed by atoms with E-state index in [0.717, 1.165) is 49.4 Å². The van der Waals surface area contributed by atoms with Gasteiger partial charge in [-0.05, 0) is 37.3 Å². The molecular weight excluding hydrogens is 340 g/mol. The summed E-state index contributed by atoms with van der Waals surface area (Å²) in [5.74, 6) is 0.362. The molecule has 0 bridgehead atoms. The quantitative estimate of drug-likeness (QED) is 0.712. The smallest absolute Gasteiger partial charge is 0.272 e. The Morgan fingerprint density at radius 1 is 1.19 bits per heavy atom. The molecule has 1 saturated heterocycles. The molecule has 1 fully saturated rings. The van der Waals surface area contributed by atoms with E-state index in [1.807, 2.05) is 34.8 Å². The van der Waals surface area contributed by atoms with Crippen LogP contribution < -0.4 is 0 Å². The predicted octanol–water partition coefficient (Wildman–Crippen LogP) is 2.37. The van der Waals surface area contributed by atoms with Crippen molar-refractivity contribution in [3.63, 3.8) is 0 Å². The first kappa shape index (κ1) is 17.3. The number of aromatic nitrogens is 5. The third kappa shape index (κ3) is 3.72. The lowest BCUT2D eigenvalue weighted by atomic mass is 9.92. The summed E-state index contributed by atoms with van der Waals surface area (Å²) in [5.41, 5.74) is 3.28. The summed E-state index contributed by atoms with van der Waals surface area (Å²) in [6.07, 6.45) is 11.5. The van der Waals surface area contributed by atoms with Gasteiger partial charge in [-0.3, -0.25) is 19.7 Å². The first-order valence-corrected chi connectivity index (χ1v) is 9.19. The van der Waals surface area contributed by atoms with Crippen molar-refractivity contribution in [3.05, 3.63) is 60.7 Å². The van der Waals surface area contributed by atoms with Crippen molar-refractivity contribution < 1.29 is 4.79 Å². The Bertz CT molecular complexity index is 923. The minimum Gasteiger partial charge on any atom is -0.337 e. The van der Waals surface area contributed by atoms with Crippen LogP contribution in [0.1, 0.15) is 29.0 Å². The van der Waals surface area contributed by atoms with E-state index in [4.69, 9.17) is 0 Å². The molecule has 1 amide bonds. The van der Waals surface area contributed by atoms with Gasteiger partial charge in [-0.15, -0.1) is 0 Å². The zero-order valence-corrected chi connectivity index (χ0v) is 15.3. The van der Waals surface area contributed by atoms with Gasteiger partial charge in [-0.25, -0.2) is 4.98 Å². The predicted molar refractivity (Wildman–Crippen MR) is 101 cm³/mol. The van der Waals surface area contributed by atoms with Crippen molar-refractivity contribution >= 4 is 5.91 Å². The minimum absolute atomic E-state index is 0.00584. The molecule has 1 aliphatic rings. The molecule has 4 heterocycles. The van der Waals surface area contributed by atoms with Gasteiger partial charge in [0.25, 0.3) is 5.91 Å². The highest BCUT2D eigenvalue weighted by Crippen LogP contribution is 2.25. The summed E-state index contributed by atoms with van der Waals surface area (Å²) >= 11 is 0. The number of piperidine rings is 1. The third-order valence-electron chi connectivity index (χ3n) is 5.01. The Morgan fingerprint density at radius 2 is 2.07 bits per heavy atom. The number of carbonyl (C=O) groups excluding carboxylic acids is 1. The second-order valence-electron chi connectivity index (χ2n) is 6.92. The van der Waals surface area contributed by atoms with E-state index in [1.165, 1.54) is 0 Å². The number of hydrogen-bond donors (Lipinski definition) is 0. The molecule has 3 aromatic rings. The fourth-order valence-corrected chi connectivity index (χ4v) is 3.66. The van der Waals surface area contributed by atoms with Gasteiger partial charge in [0, 0.05) is 38.7 Å². The fourth-order valence-electron chi connectivity index (χ4n) is 3.66. The molecule has 0 aliphatic carbocycles. The van der Waals surface area contributed by atoms with Crippen LogP contribution in [0, 0.1) is 5.92 Å². The van der Waals surface area contributed by atoms with E-state index < -0.39 is 0 Å². The highest BCUT2D eigenvalue weighted by atomic mass is 16.2. The van der Waals surface area contributed by atoms with Crippen molar-refractivity contribution in [2.75, 3.05) is 13.1 Å². The van der Waals surface area contributed by atoms with Gasteiger partial charge in [0.05, 0.1) is 23.9 Å². The van der Waals surface area contributed by atoms with Gasteiger partial charge in [0.2, 0.25) is 0 Å². The number of nitrogens with zero attached hydrogens (tertiary/aromatic N) is 6. The number of carbonyl (C=O) groups is 1. The van der Waals surface area contributed by atoms with Crippen LogP contribution in [0.15, 0.2) is 49.3 Å². The number of rotatable bonds is 4. The summed E-state index contributed by atoms with van der Waals surface area (Å²) in [5, 5.41) is 0. The molecule has 7 nitrogen and oxygen atoms in total. The monoisotopic (exact) mass is 362 g/mol. The normalized spacial score (nSPS) is 17.1. The SMILES string of the molecule is Cn1cncc1-c1nccnc1C[C@@H]1CCCN(C(=O)c2ccccn2)C1. The van der Waals surface area contributed by atoms with Crippen LogP contribution in [0.25, 0.3) is 11.4 Å². The average molecular weight is 362 g/mol. The van der Waals surface area contributed by atoms with Gasteiger partial charge in [-0.2, -0.15) is 0 Å². The summed E-state index contributed by atoms with van der Waals surface area (Å²) in [6.45, 7) is 1.50. The van der Waals surface area contributed by atoms with Crippen LogP contribution in [0.2, 0.25) is 0 Å². The maximum absolute atomic E-state index is 12.7. The van der Waals surface area contributed by atoms with Gasteiger partial charge >= 0.3 is 0 Å². The summed E-state index contributed by atoms with van der Waals surface area (Å²) < 4.78 is 1.95. The second-order valence-corrected chi connectivity index (χ2v) is 6.92. The maximum Gasteiger partial charge on any atom is 0.272 e. The highest BCUT2D eigenvalue weighted by molar-refractivity contribution is 5.92. The molecule has 0 saturated carbocycles. The zero-order valence-electron chi connectivity index (χ0n) is 15.3. The molecule has 0 radical (unpaired) electrons. The Labute approximate surface area is 158 Å². The molecule has 138 valence electrons. The van der Waals surface area contributed by atoms with E-state index in [2.05, 4.69) is 19.9 Å². The Hall–Kier alpha value is -3.09. The van der Waals surface area contributed by atoms with E-state index in [0.29, 0.717) is 11.6 Å². The number of aryl methyl sites for hydroxylation is 1. The van der Waals surface area contributed by atoms with Gasteiger partial charge < -0.3 is 9.47 Å². The molecule has 0 spiro atoms. The molecule has 0 aromatic carbocycles. The zero-order chi connectivity index (χ0) is 18.6. The summed E-state index contributed by atoms with van der Waals surface area (Å²) in [6, 6.07) is 5.44. The maximum atomic E-state index is 12.7. The number of hydrogen-bond acceptors (Lipinski definition) is 5. The van der Waals surface area contributed by atoms with E-state index in [1.54, 1.807) is 31.0 Å². The van der Waals surface area contributed by atoms with E-state index in [9.17, 15) is 4.79 Å². The number of pyridine rings is 1. The molecule has 1 aliphatic heterocycles. The van der Waals surface area contributed by atoms with Gasteiger partial charge in [0.1, 0.15) is 11.4 Å². The van der Waals surface area contributed by atoms with Crippen LogP contribution in [0.3, 0.4) is 0 Å². The van der Waals surface area contributed by atoms with E-state index in [-0.39, 0.29) is 5.91 Å². The Morgan fingerprint density at radius 3 is 2.85 bits per heavy atom. The lowest BCUT2D eigenvalue weighted by Crippen LogP contribution is -2.41. The van der Waals surface area contributed by atoms with Crippen molar-refractivity contribution in [3.8, 4) is 11.4 Å². The number of likely N-dealkylation sites (tertiary alicyclic amines) is 1. The summed E-state index contributed by atoms with van der Waals surface area (Å²) in [7, 11) is 1.95. The second kappa shape index (κ2) is 7.65. The van der Waals surface area contributed by atoms with Gasteiger partial charge in [-0.1, -0.05) is 6.07 Å².